The Bertz CT molecular complexity index is 624. The van der Waals surface area contributed by atoms with Crippen LogP contribution in [0.1, 0.15) is 23.2 Å². The second-order valence-electron chi connectivity index (χ2n) is 5.53. The molecule has 3 N–H and O–H groups in total. The second kappa shape index (κ2) is 6.58. The molecule has 0 radical (unpaired) electrons. The van der Waals surface area contributed by atoms with Gasteiger partial charge < -0.3 is 15.8 Å². The number of carbonyl (C=O) groups excluding carboxylic acids is 1. The molecule has 5 nitrogen and oxygen atoms in total. The average molecular weight is 297 g/mol. The fourth-order valence-electron chi connectivity index (χ4n) is 2.22. The van der Waals surface area contributed by atoms with E-state index in [1.54, 1.807) is 42.7 Å². The largest absolute Gasteiger partial charge is 0.456 e. The van der Waals surface area contributed by atoms with Crippen LogP contribution in [0.15, 0.2) is 48.8 Å². The van der Waals surface area contributed by atoms with E-state index in [9.17, 15) is 4.79 Å². The van der Waals surface area contributed by atoms with E-state index in [0.29, 0.717) is 29.5 Å². The van der Waals surface area contributed by atoms with Gasteiger partial charge in [0.25, 0.3) is 5.91 Å². The molecule has 114 valence electrons. The van der Waals surface area contributed by atoms with Crippen LogP contribution in [0.25, 0.3) is 0 Å². The molecule has 0 saturated heterocycles. The molecular formula is C17H19N3O2. The number of hydrogen-bond acceptors (Lipinski definition) is 4. The SMILES string of the molecule is NC(CNC(=O)c1ccc(Oc2cccnc2)cc1)C1CC1. The molecule has 1 aromatic carbocycles. The van der Waals surface area contributed by atoms with Crippen LogP contribution in [0.4, 0.5) is 0 Å². The summed E-state index contributed by atoms with van der Waals surface area (Å²) >= 11 is 0. The van der Waals surface area contributed by atoms with Crippen molar-refractivity contribution in [1.82, 2.24) is 10.3 Å². The lowest BCUT2D eigenvalue weighted by Gasteiger charge is -2.12. The normalized spacial score (nSPS) is 15.1. The van der Waals surface area contributed by atoms with Gasteiger partial charge >= 0.3 is 0 Å². The quantitative estimate of drug-likeness (QED) is 0.858. The highest BCUT2D eigenvalue weighted by Gasteiger charge is 2.28. The third-order valence-corrected chi connectivity index (χ3v) is 3.71. The zero-order valence-electron chi connectivity index (χ0n) is 12.2. The van der Waals surface area contributed by atoms with Crippen LogP contribution in [0.2, 0.25) is 0 Å². The number of rotatable bonds is 6. The average Bonchev–Trinajstić information content (AvgIpc) is 3.39. The first-order chi connectivity index (χ1) is 10.7. The number of aromatic nitrogens is 1. The van der Waals surface area contributed by atoms with Gasteiger partial charge in [-0.2, -0.15) is 0 Å². The van der Waals surface area contributed by atoms with Gasteiger partial charge in [-0.1, -0.05) is 0 Å². The van der Waals surface area contributed by atoms with Crippen molar-refractivity contribution in [3.05, 3.63) is 54.4 Å². The fourth-order valence-corrected chi connectivity index (χ4v) is 2.22. The summed E-state index contributed by atoms with van der Waals surface area (Å²) in [6.07, 6.45) is 5.68. The number of amides is 1. The van der Waals surface area contributed by atoms with Crippen LogP contribution >= 0.6 is 0 Å². The first kappa shape index (κ1) is 14.5. The smallest absolute Gasteiger partial charge is 0.251 e. The third kappa shape index (κ3) is 3.83. The van der Waals surface area contributed by atoms with E-state index in [0.717, 1.165) is 0 Å². The number of benzene rings is 1. The van der Waals surface area contributed by atoms with Crippen LogP contribution in [0, 0.1) is 5.92 Å². The summed E-state index contributed by atoms with van der Waals surface area (Å²) in [5.41, 5.74) is 6.57. The van der Waals surface area contributed by atoms with E-state index in [2.05, 4.69) is 10.3 Å². The van der Waals surface area contributed by atoms with Crippen molar-refractivity contribution in [3.8, 4) is 11.5 Å². The molecule has 5 heteroatoms. The Morgan fingerprint density at radius 2 is 2.05 bits per heavy atom. The summed E-state index contributed by atoms with van der Waals surface area (Å²) in [4.78, 5) is 16.0. The standard InChI is InChI=1S/C17H19N3O2/c18-16(12-3-4-12)11-20-17(21)13-5-7-14(8-6-13)22-15-2-1-9-19-10-15/h1-2,5-10,12,16H,3-4,11,18H2,(H,20,21). The van der Waals surface area contributed by atoms with Crippen molar-refractivity contribution in [2.75, 3.05) is 6.54 Å². The predicted molar refractivity (Wildman–Crippen MR) is 83.8 cm³/mol. The molecule has 1 aromatic heterocycles. The van der Waals surface area contributed by atoms with Crippen LogP contribution in [-0.2, 0) is 0 Å². The summed E-state index contributed by atoms with van der Waals surface area (Å²) in [5, 5.41) is 2.87. The molecule has 0 spiro atoms. The Morgan fingerprint density at radius 3 is 2.68 bits per heavy atom. The lowest BCUT2D eigenvalue weighted by atomic mass is 10.1. The van der Waals surface area contributed by atoms with Gasteiger partial charge in [0.1, 0.15) is 11.5 Å². The molecule has 0 aliphatic heterocycles. The van der Waals surface area contributed by atoms with Gasteiger partial charge in [-0.15, -0.1) is 0 Å². The van der Waals surface area contributed by atoms with Crippen LogP contribution in [-0.4, -0.2) is 23.5 Å². The maximum atomic E-state index is 12.0. The number of nitrogens with two attached hydrogens (primary N) is 1. The number of nitrogens with zero attached hydrogens (tertiary/aromatic N) is 1. The van der Waals surface area contributed by atoms with Crippen LogP contribution in [0.5, 0.6) is 11.5 Å². The molecule has 1 heterocycles. The Hall–Kier alpha value is -2.40. The molecule has 1 atom stereocenters. The van der Waals surface area contributed by atoms with Gasteiger partial charge in [0.05, 0.1) is 6.20 Å². The van der Waals surface area contributed by atoms with Gasteiger partial charge in [0, 0.05) is 24.3 Å². The molecule has 3 rings (SSSR count). The molecule has 0 bridgehead atoms. The molecule has 1 aliphatic carbocycles. The maximum Gasteiger partial charge on any atom is 0.251 e. The third-order valence-electron chi connectivity index (χ3n) is 3.71. The number of hydrogen-bond donors (Lipinski definition) is 2. The van der Waals surface area contributed by atoms with Crippen molar-refractivity contribution in [3.63, 3.8) is 0 Å². The summed E-state index contributed by atoms with van der Waals surface area (Å²) in [6.45, 7) is 0.525. The minimum absolute atomic E-state index is 0.0668. The van der Waals surface area contributed by atoms with E-state index in [-0.39, 0.29) is 11.9 Å². The highest BCUT2D eigenvalue weighted by Crippen LogP contribution is 2.31. The number of ether oxygens (including phenoxy) is 1. The highest BCUT2D eigenvalue weighted by molar-refractivity contribution is 5.94. The van der Waals surface area contributed by atoms with Crippen molar-refractivity contribution < 1.29 is 9.53 Å². The minimum Gasteiger partial charge on any atom is -0.456 e. The van der Waals surface area contributed by atoms with Gasteiger partial charge in [-0.25, -0.2) is 0 Å². The minimum atomic E-state index is -0.107. The lowest BCUT2D eigenvalue weighted by Crippen LogP contribution is -2.38. The maximum absolute atomic E-state index is 12.0. The zero-order chi connectivity index (χ0) is 15.4. The monoisotopic (exact) mass is 297 g/mol. The molecule has 1 unspecified atom stereocenters. The summed E-state index contributed by atoms with van der Waals surface area (Å²) in [5.74, 6) is 1.80. The first-order valence-corrected chi connectivity index (χ1v) is 7.44. The van der Waals surface area contributed by atoms with E-state index in [4.69, 9.17) is 10.5 Å². The van der Waals surface area contributed by atoms with Gasteiger partial charge in [-0.05, 0) is 55.2 Å². The topological polar surface area (TPSA) is 77.2 Å². The van der Waals surface area contributed by atoms with Gasteiger partial charge in [0.2, 0.25) is 0 Å². The van der Waals surface area contributed by atoms with Crippen LogP contribution < -0.4 is 15.8 Å². The Morgan fingerprint density at radius 1 is 1.27 bits per heavy atom. The molecule has 1 aliphatic rings. The zero-order valence-corrected chi connectivity index (χ0v) is 12.2. The first-order valence-electron chi connectivity index (χ1n) is 7.44. The number of nitrogens with one attached hydrogen (secondary N) is 1. The van der Waals surface area contributed by atoms with Gasteiger partial charge in [-0.3, -0.25) is 9.78 Å². The van der Waals surface area contributed by atoms with E-state index < -0.39 is 0 Å². The number of carbonyl (C=O) groups is 1. The lowest BCUT2D eigenvalue weighted by molar-refractivity contribution is 0.0950. The van der Waals surface area contributed by atoms with E-state index >= 15 is 0 Å². The summed E-state index contributed by atoms with van der Waals surface area (Å²) in [6, 6.07) is 10.7. The van der Waals surface area contributed by atoms with Crippen molar-refractivity contribution >= 4 is 5.91 Å². The number of pyridine rings is 1. The second-order valence-corrected chi connectivity index (χ2v) is 5.53. The van der Waals surface area contributed by atoms with Crippen molar-refractivity contribution in [2.45, 2.75) is 18.9 Å². The summed E-state index contributed by atoms with van der Waals surface area (Å²) < 4.78 is 5.64. The van der Waals surface area contributed by atoms with Crippen molar-refractivity contribution in [2.24, 2.45) is 11.7 Å². The predicted octanol–water partition coefficient (Wildman–Crippen LogP) is 2.34. The Labute approximate surface area is 129 Å². The summed E-state index contributed by atoms with van der Waals surface area (Å²) in [7, 11) is 0. The Kier molecular flexibility index (Phi) is 4.34. The van der Waals surface area contributed by atoms with Gasteiger partial charge in [0.15, 0.2) is 0 Å². The molecule has 1 amide bonds. The fraction of sp³-hybridized carbons (Fsp3) is 0.294. The Balaban J connectivity index is 1.55. The van der Waals surface area contributed by atoms with E-state index in [1.165, 1.54) is 12.8 Å². The molecular weight excluding hydrogens is 278 g/mol. The molecule has 1 saturated carbocycles. The van der Waals surface area contributed by atoms with Crippen molar-refractivity contribution in [1.29, 1.82) is 0 Å². The molecule has 22 heavy (non-hydrogen) atoms. The highest BCUT2D eigenvalue weighted by atomic mass is 16.5. The van der Waals surface area contributed by atoms with Crippen LogP contribution in [0.3, 0.4) is 0 Å². The van der Waals surface area contributed by atoms with E-state index in [1.807, 2.05) is 6.07 Å². The molecule has 2 aromatic rings. The molecule has 1 fully saturated rings.